The van der Waals surface area contributed by atoms with E-state index in [9.17, 15) is 18.7 Å². The number of aromatic nitrogens is 3. The Hall–Kier alpha value is -5.71. The number of alkyl halides is 1. The maximum Gasteiger partial charge on any atom is 0.319 e. The third-order valence-corrected chi connectivity index (χ3v) is 12.0. The molecule has 286 valence electrons. The third-order valence-electron chi connectivity index (χ3n) is 12.0. The number of carbonyl (C=O) groups is 1. The number of hydrogen-bond donors (Lipinski definition) is 2. The molecule has 4 aliphatic heterocycles. The number of nitrogens with zero attached hydrogens (tertiary/aromatic N) is 6. The van der Waals surface area contributed by atoms with E-state index in [1.165, 1.54) is 36.5 Å². The highest BCUT2D eigenvalue weighted by Crippen LogP contribution is 2.43. The summed E-state index contributed by atoms with van der Waals surface area (Å²) >= 11 is 0. The highest BCUT2D eigenvalue weighted by molar-refractivity contribution is 6.03. The van der Waals surface area contributed by atoms with Gasteiger partial charge in [0.2, 0.25) is 5.91 Å². The van der Waals surface area contributed by atoms with E-state index in [1.54, 1.807) is 0 Å². The van der Waals surface area contributed by atoms with E-state index in [4.69, 9.17) is 16.1 Å². The predicted molar refractivity (Wildman–Crippen MR) is 208 cm³/mol. The van der Waals surface area contributed by atoms with Crippen molar-refractivity contribution < 1.29 is 27.8 Å². The number of phenolic OH excluding ortho intramolecular Hbond substituents is 1. The van der Waals surface area contributed by atoms with Gasteiger partial charge < -0.3 is 20.1 Å². The fourth-order valence-electron chi connectivity index (χ4n) is 9.49. The maximum atomic E-state index is 17.1. The van der Waals surface area contributed by atoms with Crippen LogP contribution >= 0.6 is 0 Å². The number of ether oxygens (including phenoxy) is 1. The number of rotatable bonds is 9. The molecule has 10 nitrogen and oxygen atoms in total. The van der Waals surface area contributed by atoms with Crippen molar-refractivity contribution in [3.8, 4) is 35.4 Å². The van der Waals surface area contributed by atoms with Crippen molar-refractivity contribution in [2.75, 3.05) is 43.0 Å². The monoisotopic (exact) mass is 759 g/mol. The molecule has 3 aromatic carbocycles. The molecule has 1 amide bonds. The summed E-state index contributed by atoms with van der Waals surface area (Å²) < 4.78 is 53.1. The van der Waals surface area contributed by atoms with Crippen LogP contribution in [-0.2, 0) is 11.3 Å². The van der Waals surface area contributed by atoms with Crippen LogP contribution in [0.5, 0.6) is 11.8 Å². The Balaban J connectivity index is 1.09. The van der Waals surface area contributed by atoms with E-state index >= 15 is 4.39 Å². The minimum Gasteiger partial charge on any atom is -0.508 e. The summed E-state index contributed by atoms with van der Waals surface area (Å²) in [5, 5.41) is 14.5. The number of anilines is 2. The van der Waals surface area contributed by atoms with Crippen molar-refractivity contribution in [3.05, 3.63) is 90.1 Å². The van der Waals surface area contributed by atoms with Gasteiger partial charge in [-0.2, -0.15) is 9.97 Å². The zero-order valence-electron chi connectivity index (χ0n) is 30.6. The number of piperazine rings is 1. The van der Waals surface area contributed by atoms with Crippen LogP contribution in [-0.4, -0.2) is 92.3 Å². The fraction of sp³-hybridized carbons (Fsp3) is 0.349. The molecule has 4 fully saturated rings. The third kappa shape index (κ3) is 6.27. The number of halogens is 3. The van der Waals surface area contributed by atoms with Gasteiger partial charge in [-0.25, -0.2) is 13.2 Å². The van der Waals surface area contributed by atoms with Crippen LogP contribution in [0.2, 0.25) is 0 Å². The lowest BCUT2D eigenvalue weighted by atomic mass is 9.95. The number of phenols is 1. The van der Waals surface area contributed by atoms with Crippen LogP contribution < -0.4 is 15.0 Å². The number of aromatic hydroxyl groups is 1. The van der Waals surface area contributed by atoms with Crippen molar-refractivity contribution in [3.63, 3.8) is 0 Å². The average molecular weight is 760 g/mol. The lowest BCUT2D eigenvalue weighted by molar-refractivity contribution is -0.111. The van der Waals surface area contributed by atoms with Crippen molar-refractivity contribution in [2.45, 2.75) is 62.4 Å². The Morgan fingerprint density at radius 2 is 1.95 bits per heavy atom. The molecule has 2 unspecified atom stereocenters. The summed E-state index contributed by atoms with van der Waals surface area (Å²) in [5.41, 5.74) is 1.12. The Morgan fingerprint density at radius 3 is 2.73 bits per heavy atom. The molecule has 2 aromatic heterocycles. The summed E-state index contributed by atoms with van der Waals surface area (Å²) in [6, 6.07) is 13.5. The fourth-order valence-corrected chi connectivity index (χ4v) is 9.49. The smallest absolute Gasteiger partial charge is 0.319 e. The SMILES string of the molecule is C#Cc1c(F)ccc2cc(O)cc(-c3ncc4c(N5CC6CCC(C5)N6Cc5cccc(NC(=O)C=C)c5)nc(OC[C@@]56CCCN5C[C@H](F)C6)nc4c3F)c12. The van der Waals surface area contributed by atoms with E-state index in [0.717, 1.165) is 37.8 Å². The molecule has 5 aromatic rings. The number of terminal acetylenes is 1. The first kappa shape index (κ1) is 36.0. The van der Waals surface area contributed by atoms with Gasteiger partial charge in [-0.05, 0) is 79.6 Å². The van der Waals surface area contributed by atoms with E-state index in [-0.39, 0.29) is 64.1 Å². The van der Waals surface area contributed by atoms with Crippen LogP contribution in [0.25, 0.3) is 32.9 Å². The maximum absolute atomic E-state index is 17.1. The van der Waals surface area contributed by atoms with Crippen molar-refractivity contribution >= 4 is 39.1 Å². The van der Waals surface area contributed by atoms with Gasteiger partial charge >= 0.3 is 6.01 Å². The molecule has 2 N–H and O–H groups in total. The first-order valence-corrected chi connectivity index (χ1v) is 19.0. The standard InChI is InChI=1S/C43H40F3N7O3/c1-3-32-35(45)12-9-26-16-31(54)17-33(37(26)32)39-38(46)40-34(19-47-39)41(50-42(49-40)56-24-43-13-6-14-52(43)21-27(44)18-43)51-22-29-10-11-30(23-51)53(29)20-25-7-5-8-28(15-25)48-36(55)4-2/h1,4-5,7-9,12,15-17,19,27,29-30,54H,2,6,10-11,13-14,18,20-24H2,(H,48,55)/t27-,29?,30?,43+/m1/s1. The summed E-state index contributed by atoms with van der Waals surface area (Å²) in [5.74, 6) is 0.959. The molecule has 2 bridgehead atoms. The van der Waals surface area contributed by atoms with Crippen molar-refractivity contribution in [1.82, 2.24) is 24.8 Å². The predicted octanol–water partition coefficient (Wildman–Crippen LogP) is 6.74. The molecule has 0 aliphatic carbocycles. The van der Waals surface area contributed by atoms with Gasteiger partial charge in [0.15, 0.2) is 5.82 Å². The van der Waals surface area contributed by atoms with E-state index in [2.05, 4.69) is 42.5 Å². The van der Waals surface area contributed by atoms with Gasteiger partial charge in [0, 0.05) is 67.5 Å². The van der Waals surface area contributed by atoms with Gasteiger partial charge in [-0.1, -0.05) is 30.7 Å². The number of fused-ring (bicyclic) bond motifs is 5. The summed E-state index contributed by atoms with van der Waals surface area (Å²) in [6.07, 6.45) is 11.5. The minimum absolute atomic E-state index is 0.0311. The molecule has 0 spiro atoms. The van der Waals surface area contributed by atoms with Crippen molar-refractivity contribution in [2.24, 2.45) is 0 Å². The lowest BCUT2D eigenvalue weighted by Crippen LogP contribution is -2.53. The largest absolute Gasteiger partial charge is 0.508 e. The number of pyridine rings is 1. The van der Waals surface area contributed by atoms with Gasteiger partial charge in [-0.15, -0.1) is 6.42 Å². The quantitative estimate of drug-likeness (QED) is 0.125. The molecule has 0 saturated carbocycles. The molecule has 56 heavy (non-hydrogen) atoms. The normalized spacial score (nSPS) is 23.4. The van der Waals surface area contributed by atoms with E-state index in [0.29, 0.717) is 54.9 Å². The van der Waals surface area contributed by atoms with Crippen LogP contribution in [0, 0.1) is 24.0 Å². The molecule has 4 aliphatic rings. The topological polar surface area (TPSA) is 107 Å². The van der Waals surface area contributed by atoms with Crippen LogP contribution in [0.4, 0.5) is 24.7 Å². The molecular formula is C43H40F3N7O3. The molecular weight excluding hydrogens is 720 g/mol. The van der Waals surface area contributed by atoms with Crippen LogP contribution in [0.3, 0.4) is 0 Å². The lowest BCUT2D eigenvalue weighted by Gasteiger charge is -2.42. The minimum atomic E-state index is -0.951. The second kappa shape index (κ2) is 14.1. The molecule has 4 saturated heterocycles. The molecule has 4 atom stereocenters. The van der Waals surface area contributed by atoms with Crippen LogP contribution in [0.15, 0.2) is 67.4 Å². The summed E-state index contributed by atoms with van der Waals surface area (Å²) in [4.78, 5) is 32.8. The molecule has 0 radical (unpaired) electrons. The first-order valence-electron chi connectivity index (χ1n) is 19.0. The van der Waals surface area contributed by atoms with E-state index in [1.807, 2.05) is 24.3 Å². The second-order valence-electron chi connectivity index (χ2n) is 15.4. The van der Waals surface area contributed by atoms with Gasteiger partial charge in [0.1, 0.15) is 41.4 Å². The highest BCUT2D eigenvalue weighted by atomic mass is 19.1. The second-order valence-corrected chi connectivity index (χ2v) is 15.4. The summed E-state index contributed by atoms with van der Waals surface area (Å²) in [7, 11) is 0. The van der Waals surface area contributed by atoms with E-state index < -0.39 is 23.3 Å². The Morgan fingerprint density at radius 1 is 1.12 bits per heavy atom. The number of hydrogen-bond acceptors (Lipinski definition) is 9. The first-order chi connectivity index (χ1) is 27.1. The number of benzene rings is 3. The molecule has 13 heteroatoms. The Labute approximate surface area is 322 Å². The van der Waals surface area contributed by atoms with Gasteiger partial charge in [-0.3, -0.25) is 19.6 Å². The van der Waals surface area contributed by atoms with Gasteiger partial charge in [0.05, 0.1) is 16.5 Å². The summed E-state index contributed by atoms with van der Waals surface area (Å²) in [6.45, 7) is 6.72. The number of nitrogens with one attached hydrogen (secondary N) is 1. The Kier molecular flexibility index (Phi) is 9.05. The van der Waals surface area contributed by atoms with Crippen molar-refractivity contribution in [1.29, 1.82) is 0 Å². The number of carbonyl (C=O) groups excluding carboxylic acids is 1. The average Bonchev–Trinajstić information content (AvgIpc) is 3.79. The molecule has 9 rings (SSSR count). The highest BCUT2D eigenvalue weighted by Gasteiger charge is 2.49. The molecule has 6 heterocycles. The number of amides is 1. The zero-order chi connectivity index (χ0) is 38.7. The zero-order valence-corrected chi connectivity index (χ0v) is 30.6. The van der Waals surface area contributed by atoms with Gasteiger partial charge in [0.25, 0.3) is 0 Å². The Bertz CT molecular complexity index is 2440. The van der Waals surface area contributed by atoms with Crippen LogP contribution in [0.1, 0.15) is 43.2 Å².